The first kappa shape index (κ1) is 13.4. The van der Waals surface area contributed by atoms with Crippen LogP contribution in [0.5, 0.6) is 0 Å². The Morgan fingerprint density at radius 3 is 2.47 bits per heavy atom. The Kier molecular flexibility index (Phi) is 3.72. The summed E-state index contributed by atoms with van der Waals surface area (Å²) in [5, 5.41) is 0.369. The zero-order valence-electron chi connectivity index (χ0n) is 10.2. The Morgan fingerprint density at radius 2 is 2.06 bits per heavy atom. The Morgan fingerprint density at radius 1 is 1.47 bits per heavy atom. The average molecular weight is 257 g/mol. The Labute approximate surface area is 103 Å². The van der Waals surface area contributed by atoms with Gasteiger partial charge < -0.3 is 10.5 Å². The number of hydrogen-bond acceptors (Lipinski definition) is 5. The predicted octanol–water partition coefficient (Wildman–Crippen LogP) is 1.61. The number of anilines is 1. The van der Waals surface area contributed by atoms with Crippen LogP contribution in [0.1, 0.15) is 30.4 Å². The van der Waals surface area contributed by atoms with E-state index in [0.29, 0.717) is 10.0 Å². The van der Waals surface area contributed by atoms with E-state index < -0.39 is 17.6 Å². The molecule has 0 aliphatic heterocycles. The highest BCUT2D eigenvalue weighted by atomic mass is 32.1. The van der Waals surface area contributed by atoms with Gasteiger partial charge in [0.1, 0.15) is 10.5 Å². The molecule has 0 aromatic carbocycles. The van der Waals surface area contributed by atoms with Crippen molar-refractivity contribution in [3.05, 3.63) is 11.1 Å². The van der Waals surface area contributed by atoms with Crippen molar-refractivity contribution in [2.75, 3.05) is 11.9 Å². The SMILES string of the molecule is CN(C(=O)OC(C)(C)C)c1ncc(C(N)=O)s1. The molecule has 0 spiro atoms. The zero-order valence-corrected chi connectivity index (χ0v) is 11.0. The van der Waals surface area contributed by atoms with E-state index in [0.717, 1.165) is 11.3 Å². The topological polar surface area (TPSA) is 85.5 Å². The van der Waals surface area contributed by atoms with Crippen molar-refractivity contribution >= 4 is 28.5 Å². The first-order chi connectivity index (χ1) is 7.70. The minimum atomic E-state index is -0.574. The smallest absolute Gasteiger partial charge is 0.416 e. The number of nitrogens with zero attached hydrogens (tertiary/aromatic N) is 2. The van der Waals surface area contributed by atoms with Gasteiger partial charge in [-0.25, -0.2) is 9.78 Å². The first-order valence-corrected chi connectivity index (χ1v) is 5.74. The molecular formula is C10H15N3O3S. The molecule has 1 aromatic heterocycles. The molecule has 0 saturated carbocycles. The minimum Gasteiger partial charge on any atom is -0.443 e. The number of nitrogens with two attached hydrogens (primary N) is 1. The second-order valence-electron chi connectivity index (χ2n) is 4.41. The molecule has 17 heavy (non-hydrogen) atoms. The van der Waals surface area contributed by atoms with Crippen molar-refractivity contribution in [3.8, 4) is 0 Å². The second kappa shape index (κ2) is 4.70. The van der Waals surface area contributed by atoms with Gasteiger partial charge in [0, 0.05) is 7.05 Å². The number of carbonyl (C=O) groups is 2. The molecule has 1 heterocycles. The summed E-state index contributed by atoms with van der Waals surface area (Å²) in [7, 11) is 1.53. The highest BCUT2D eigenvalue weighted by molar-refractivity contribution is 7.17. The number of rotatable bonds is 2. The van der Waals surface area contributed by atoms with E-state index in [1.807, 2.05) is 0 Å². The lowest BCUT2D eigenvalue weighted by molar-refractivity contribution is 0.0589. The Hall–Kier alpha value is -1.63. The van der Waals surface area contributed by atoms with Crippen LogP contribution in [0.4, 0.5) is 9.93 Å². The highest BCUT2D eigenvalue weighted by Gasteiger charge is 2.22. The van der Waals surface area contributed by atoms with Gasteiger partial charge in [-0.05, 0) is 20.8 Å². The lowest BCUT2D eigenvalue weighted by atomic mass is 10.2. The zero-order chi connectivity index (χ0) is 13.2. The molecule has 0 unspecified atom stereocenters. The van der Waals surface area contributed by atoms with Crippen LogP contribution in [-0.2, 0) is 4.74 Å². The summed E-state index contributed by atoms with van der Waals surface area (Å²) in [4.78, 5) is 28.1. The molecule has 0 bridgehead atoms. The van der Waals surface area contributed by atoms with Gasteiger partial charge in [-0.2, -0.15) is 0 Å². The van der Waals surface area contributed by atoms with Crippen molar-refractivity contribution < 1.29 is 14.3 Å². The standard InChI is InChI=1S/C10H15N3O3S/c1-10(2,3)16-9(15)13(4)8-12-5-6(17-8)7(11)14/h5H,1-4H3,(H2,11,14). The van der Waals surface area contributed by atoms with E-state index in [1.54, 1.807) is 20.8 Å². The van der Waals surface area contributed by atoms with Crippen LogP contribution in [-0.4, -0.2) is 29.6 Å². The predicted molar refractivity (Wildman–Crippen MR) is 65.3 cm³/mol. The van der Waals surface area contributed by atoms with Crippen molar-refractivity contribution in [1.82, 2.24) is 4.98 Å². The molecule has 7 heteroatoms. The molecule has 0 fully saturated rings. The lowest BCUT2D eigenvalue weighted by Crippen LogP contribution is -2.34. The third-order valence-electron chi connectivity index (χ3n) is 1.69. The van der Waals surface area contributed by atoms with Crippen molar-refractivity contribution in [2.24, 2.45) is 5.73 Å². The summed E-state index contributed by atoms with van der Waals surface area (Å²) in [6.07, 6.45) is 0.811. The third-order valence-corrected chi connectivity index (χ3v) is 2.78. The number of aromatic nitrogens is 1. The maximum atomic E-state index is 11.7. The van der Waals surface area contributed by atoms with Gasteiger partial charge in [0.15, 0.2) is 5.13 Å². The van der Waals surface area contributed by atoms with Crippen molar-refractivity contribution in [3.63, 3.8) is 0 Å². The summed E-state index contributed by atoms with van der Waals surface area (Å²) in [6, 6.07) is 0. The molecule has 2 amide bonds. The van der Waals surface area contributed by atoms with E-state index in [1.165, 1.54) is 18.1 Å². The molecule has 1 rings (SSSR count). The van der Waals surface area contributed by atoms with Crippen LogP contribution in [0.15, 0.2) is 6.20 Å². The van der Waals surface area contributed by atoms with Gasteiger partial charge in [0.2, 0.25) is 0 Å². The van der Waals surface area contributed by atoms with Gasteiger partial charge in [-0.15, -0.1) is 0 Å². The number of ether oxygens (including phenoxy) is 1. The van der Waals surface area contributed by atoms with Gasteiger partial charge >= 0.3 is 6.09 Å². The van der Waals surface area contributed by atoms with E-state index >= 15 is 0 Å². The van der Waals surface area contributed by atoms with Gasteiger partial charge in [-0.3, -0.25) is 9.69 Å². The first-order valence-electron chi connectivity index (χ1n) is 4.93. The molecule has 0 radical (unpaired) electrons. The van der Waals surface area contributed by atoms with E-state index in [4.69, 9.17) is 10.5 Å². The summed E-state index contributed by atoms with van der Waals surface area (Å²) in [5.74, 6) is -0.564. The molecule has 0 aliphatic rings. The maximum Gasteiger partial charge on any atom is 0.416 e. The third kappa shape index (κ3) is 3.70. The maximum absolute atomic E-state index is 11.7. The lowest BCUT2D eigenvalue weighted by Gasteiger charge is -2.23. The molecule has 94 valence electrons. The van der Waals surface area contributed by atoms with Crippen molar-refractivity contribution in [1.29, 1.82) is 0 Å². The van der Waals surface area contributed by atoms with Crippen molar-refractivity contribution in [2.45, 2.75) is 26.4 Å². The molecule has 1 aromatic rings. The fourth-order valence-electron chi connectivity index (χ4n) is 0.942. The molecule has 0 saturated heterocycles. The van der Waals surface area contributed by atoms with Gasteiger partial charge in [0.05, 0.1) is 6.20 Å². The van der Waals surface area contributed by atoms with Crippen LogP contribution >= 0.6 is 11.3 Å². The number of carbonyl (C=O) groups excluding carboxylic acids is 2. The number of hydrogen-bond donors (Lipinski definition) is 1. The molecule has 2 N–H and O–H groups in total. The quantitative estimate of drug-likeness (QED) is 0.872. The average Bonchev–Trinajstić information content (AvgIpc) is 2.62. The largest absolute Gasteiger partial charge is 0.443 e. The molecule has 0 atom stereocenters. The van der Waals surface area contributed by atoms with E-state index in [-0.39, 0.29) is 0 Å². The molecule has 6 nitrogen and oxygen atoms in total. The van der Waals surface area contributed by atoms with Crippen LogP contribution in [0.2, 0.25) is 0 Å². The summed E-state index contributed by atoms with van der Waals surface area (Å²) in [5.41, 5.74) is 4.53. The number of primary amides is 1. The Balaban J connectivity index is 2.78. The summed E-state index contributed by atoms with van der Waals surface area (Å²) >= 11 is 1.04. The van der Waals surface area contributed by atoms with Crippen LogP contribution in [0.3, 0.4) is 0 Å². The van der Waals surface area contributed by atoms with E-state index in [9.17, 15) is 9.59 Å². The molecule has 0 aliphatic carbocycles. The van der Waals surface area contributed by atoms with Crippen LogP contribution in [0, 0.1) is 0 Å². The van der Waals surface area contributed by atoms with E-state index in [2.05, 4.69) is 4.98 Å². The number of thiazole rings is 1. The highest BCUT2D eigenvalue weighted by Crippen LogP contribution is 2.22. The van der Waals surface area contributed by atoms with Crippen LogP contribution in [0.25, 0.3) is 0 Å². The van der Waals surface area contributed by atoms with Gasteiger partial charge in [-0.1, -0.05) is 11.3 Å². The minimum absolute atomic E-state index is 0.301. The fourth-order valence-corrected chi connectivity index (χ4v) is 1.66. The molecular weight excluding hydrogens is 242 g/mol. The summed E-state index contributed by atoms with van der Waals surface area (Å²) < 4.78 is 5.16. The second-order valence-corrected chi connectivity index (χ2v) is 5.42. The Bertz CT molecular complexity index is 436. The number of amides is 2. The fraction of sp³-hybridized carbons (Fsp3) is 0.500. The van der Waals surface area contributed by atoms with Crippen LogP contribution < -0.4 is 10.6 Å². The monoisotopic (exact) mass is 257 g/mol. The normalized spacial score (nSPS) is 11.1. The van der Waals surface area contributed by atoms with Gasteiger partial charge in [0.25, 0.3) is 5.91 Å². The summed E-state index contributed by atoms with van der Waals surface area (Å²) in [6.45, 7) is 5.32.